The largest absolute Gasteiger partial charge is 0.480 e. The molecule has 1 saturated heterocycles. The molecule has 1 aromatic rings. The van der Waals surface area contributed by atoms with Crippen molar-refractivity contribution < 1.29 is 9.90 Å². The molecular weight excluding hydrogens is 290 g/mol. The predicted octanol–water partition coefficient (Wildman–Crippen LogP) is 2.11. The van der Waals surface area contributed by atoms with Crippen molar-refractivity contribution in [1.29, 1.82) is 0 Å². The van der Waals surface area contributed by atoms with E-state index in [1.807, 2.05) is 18.0 Å². The lowest BCUT2D eigenvalue weighted by atomic mass is 10.1. The van der Waals surface area contributed by atoms with E-state index in [0.29, 0.717) is 11.1 Å². The monoisotopic (exact) mass is 311 g/mol. The van der Waals surface area contributed by atoms with Gasteiger partial charge in [-0.25, -0.2) is 0 Å². The Morgan fingerprint density at radius 3 is 3.05 bits per heavy atom. The zero-order valence-corrected chi connectivity index (χ0v) is 13.1. The molecule has 6 heteroatoms. The molecule has 1 N–H and O–H groups in total. The van der Waals surface area contributed by atoms with Crippen LogP contribution in [0.1, 0.15) is 24.8 Å². The third kappa shape index (κ3) is 4.95. The lowest BCUT2D eigenvalue weighted by Gasteiger charge is -2.25. The summed E-state index contributed by atoms with van der Waals surface area (Å²) in [5.41, 5.74) is 1.10. The van der Waals surface area contributed by atoms with E-state index in [-0.39, 0.29) is 6.54 Å². The smallest absolute Gasteiger partial charge is 0.317 e. The van der Waals surface area contributed by atoms with Crippen molar-refractivity contribution in [3.8, 4) is 0 Å². The molecule has 0 saturated carbocycles. The van der Waals surface area contributed by atoms with Gasteiger partial charge in [0.15, 0.2) is 0 Å². The van der Waals surface area contributed by atoms with Crippen molar-refractivity contribution in [2.45, 2.75) is 31.8 Å². The summed E-state index contributed by atoms with van der Waals surface area (Å²) in [7, 11) is 1.90. The fraction of sp³-hybridized carbons (Fsp3) is 0.600. The number of carbonyl (C=O) groups is 1. The van der Waals surface area contributed by atoms with Gasteiger partial charge >= 0.3 is 5.97 Å². The predicted molar refractivity (Wildman–Crippen MR) is 82.4 cm³/mol. The van der Waals surface area contributed by atoms with Gasteiger partial charge in [0.2, 0.25) is 0 Å². The number of aromatic nitrogens is 1. The zero-order chi connectivity index (χ0) is 15.2. The molecule has 0 aromatic carbocycles. The molecule has 1 atom stereocenters. The molecule has 2 rings (SSSR count). The Bertz CT molecular complexity index is 484. The van der Waals surface area contributed by atoms with Crippen molar-refractivity contribution in [2.24, 2.45) is 0 Å². The van der Waals surface area contributed by atoms with Crippen molar-refractivity contribution >= 4 is 17.6 Å². The number of nitrogens with zero attached hydrogens (tertiary/aromatic N) is 3. The molecule has 1 unspecified atom stereocenters. The average Bonchev–Trinajstić information content (AvgIpc) is 2.66. The maximum Gasteiger partial charge on any atom is 0.317 e. The normalized spacial score (nSPS) is 20.4. The number of pyridine rings is 1. The number of rotatable bonds is 5. The van der Waals surface area contributed by atoms with E-state index >= 15 is 0 Å². The molecule has 116 valence electrons. The molecule has 0 aliphatic carbocycles. The summed E-state index contributed by atoms with van der Waals surface area (Å²) >= 11 is 6.16. The van der Waals surface area contributed by atoms with E-state index in [2.05, 4.69) is 9.88 Å². The number of carboxylic acid groups (broad SMARTS) is 1. The van der Waals surface area contributed by atoms with Crippen LogP contribution in [0.4, 0.5) is 0 Å². The van der Waals surface area contributed by atoms with Crippen LogP contribution >= 0.6 is 11.6 Å². The highest BCUT2D eigenvalue weighted by Gasteiger charge is 2.21. The highest BCUT2D eigenvalue weighted by atomic mass is 35.5. The van der Waals surface area contributed by atoms with E-state index in [1.54, 1.807) is 12.4 Å². The summed E-state index contributed by atoms with van der Waals surface area (Å²) in [5.74, 6) is -0.762. The van der Waals surface area contributed by atoms with Crippen LogP contribution in [0.3, 0.4) is 0 Å². The van der Waals surface area contributed by atoms with Crippen LogP contribution < -0.4 is 0 Å². The first-order valence-corrected chi connectivity index (χ1v) is 7.67. The Hall–Kier alpha value is -1.17. The quantitative estimate of drug-likeness (QED) is 0.902. The number of likely N-dealkylation sites (tertiary alicyclic amines) is 1. The molecule has 1 fully saturated rings. The van der Waals surface area contributed by atoms with Crippen molar-refractivity contribution in [3.05, 3.63) is 29.0 Å². The van der Waals surface area contributed by atoms with Crippen LogP contribution in [0.2, 0.25) is 5.02 Å². The topological polar surface area (TPSA) is 56.7 Å². The maximum absolute atomic E-state index is 10.8. The van der Waals surface area contributed by atoms with Crippen LogP contribution in [-0.2, 0) is 11.3 Å². The molecule has 1 aliphatic rings. The van der Waals surface area contributed by atoms with Crippen LogP contribution in [0.5, 0.6) is 0 Å². The molecule has 1 aliphatic heterocycles. The van der Waals surface area contributed by atoms with E-state index in [1.165, 1.54) is 0 Å². The molecule has 21 heavy (non-hydrogen) atoms. The van der Waals surface area contributed by atoms with Crippen LogP contribution in [-0.4, -0.2) is 58.6 Å². The van der Waals surface area contributed by atoms with Crippen LogP contribution in [0.25, 0.3) is 0 Å². The second-order valence-corrected chi connectivity index (χ2v) is 6.04. The van der Waals surface area contributed by atoms with Gasteiger partial charge in [0.05, 0.1) is 11.6 Å². The van der Waals surface area contributed by atoms with Gasteiger partial charge in [0, 0.05) is 25.0 Å². The van der Waals surface area contributed by atoms with Crippen LogP contribution in [0.15, 0.2) is 18.5 Å². The number of halogens is 1. The second kappa shape index (κ2) is 7.73. The average molecular weight is 312 g/mol. The minimum absolute atomic E-state index is 0.112. The molecule has 5 nitrogen and oxygen atoms in total. The Kier molecular flexibility index (Phi) is 5.96. The van der Waals surface area contributed by atoms with E-state index < -0.39 is 5.97 Å². The van der Waals surface area contributed by atoms with Crippen LogP contribution in [0, 0.1) is 0 Å². The standard InChI is InChI=1S/C15H22ClN3O2/c1-18(11-15(20)21)13-3-2-7-19(8-5-13)10-12-4-6-17-9-14(12)16/h4,6,9,13H,2-3,5,7-8,10-11H2,1H3,(H,20,21). The Labute approximate surface area is 130 Å². The third-order valence-electron chi connectivity index (χ3n) is 4.05. The number of hydrogen-bond acceptors (Lipinski definition) is 4. The summed E-state index contributed by atoms with van der Waals surface area (Å²) in [6.45, 7) is 2.93. The van der Waals surface area contributed by atoms with Gasteiger partial charge in [-0.05, 0) is 51.0 Å². The molecule has 2 heterocycles. The van der Waals surface area contributed by atoms with E-state index in [4.69, 9.17) is 16.7 Å². The van der Waals surface area contributed by atoms with Gasteiger partial charge in [-0.1, -0.05) is 11.6 Å². The highest BCUT2D eigenvalue weighted by Crippen LogP contribution is 2.20. The van der Waals surface area contributed by atoms with Gasteiger partial charge in [0.25, 0.3) is 0 Å². The van der Waals surface area contributed by atoms with Gasteiger partial charge in [-0.15, -0.1) is 0 Å². The van der Waals surface area contributed by atoms with Gasteiger partial charge in [-0.3, -0.25) is 19.6 Å². The second-order valence-electron chi connectivity index (χ2n) is 5.64. The van der Waals surface area contributed by atoms with E-state index in [9.17, 15) is 4.79 Å². The summed E-state index contributed by atoms with van der Waals surface area (Å²) in [6.07, 6.45) is 6.56. The fourth-order valence-corrected chi connectivity index (χ4v) is 3.03. The Morgan fingerprint density at radius 2 is 2.33 bits per heavy atom. The summed E-state index contributed by atoms with van der Waals surface area (Å²) < 4.78 is 0. The molecule has 0 bridgehead atoms. The van der Waals surface area contributed by atoms with Crippen molar-refractivity contribution in [1.82, 2.24) is 14.8 Å². The Morgan fingerprint density at radius 1 is 1.52 bits per heavy atom. The maximum atomic E-state index is 10.8. The minimum atomic E-state index is -0.762. The first kappa shape index (κ1) is 16.2. The lowest BCUT2D eigenvalue weighted by Crippen LogP contribution is -2.36. The molecule has 0 spiro atoms. The summed E-state index contributed by atoms with van der Waals surface area (Å²) in [6, 6.07) is 2.31. The van der Waals surface area contributed by atoms with Gasteiger partial charge in [-0.2, -0.15) is 0 Å². The molecular formula is C15H22ClN3O2. The Balaban J connectivity index is 1.89. The molecule has 0 amide bonds. The zero-order valence-electron chi connectivity index (χ0n) is 12.3. The SMILES string of the molecule is CN(CC(=O)O)C1CCCN(Cc2ccncc2Cl)CC1. The molecule has 1 aromatic heterocycles. The number of carboxylic acids is 1. The minimum Gasteiger partial charge on any atom is -0.480 e. The number of hydrogen-bond donors (Lipinski definition) is 1. The number of likely N-dealkylation sites (N-methyl/N-ethyl adjacent to an activating group) is 1. The molecule has 0 radical (unpaired) electrons. The fourth-order valence-electron chi connectivity index (χ4n) is 2.85. The highest BCUT2D eigenvalue weighted by molar-refractivity contribution is 6.31. The first-order valence-electron chi connectivity index (χ1n) is 7.29. The van der Waals surface area contributed by atoms with E-state index in [0.717, 1.165) is 44.5 Å². The van der Waals surface area contributed by atoms with Crippen molar-refractivity contribution in [2.75, 3.05) is 26.7 Å². The van der Waals surface area contributed by atoms with Gasteiger partial charge < -0.3 is 5.11 Å². The number of aliphatic carboxylic acids is 1. The third-order valence-corrected chi connectivity index (χ3v) is 4.39. The first-order chi connectivity index (χ1) is 10.1. The summed E-state index contributed by atoms with van der Waals surface area (Å²) in [4.78, 5) is 19.1. The van der Waals surface area contributed by atoms with Gasteiger partial charge in [0.1, 0.15) is 0 Å². The summed E-state index contributed by atoms with van der Waals surface area (Å²) in [5, 5.41) is 9.60. The lowest BCUT2D eigenvalue weighted by molar-refractivity contribution is -0.138. The van der Waals surface area contributed by atoms with Crippen molar-refractivity contribution in [3.63, 3.8) is 0 Å².